The number of halogens is 1. The van der Waals surface area contributed by atoms with Gasteiger partial charge in [0.25, 0.3) is 5.91 Å². The largest absolute Gasteiger partial charge is 0.494 e. The first-order valence-electron chi connectivity index (χ1n) is 12.1. The highest BCUT2D eigenvalue weighted by atomic mass is 32.2. The second-order valence-corrected chi connectivity index (χ2v) is 9.44. The summed E-state index contributed by atoms with van der Waals surface area (Å²) in [5.74, 6) is 2.11. The average Bonchev–Trinajstić information content (AvgIpc) is 3.19. The fourth-order valence-corrected chi connectivity index (χ4v) is 4.40. The van der Waals surface area contributed by atoms with Crippen LogP contribution in [0.25, 0.3) is 6.08 Å². The monoisotopic (exact) mass is 520 g/mol. The van der Waals surface area contributed by atoms with E-state index in [1.165, 1.54) is 23.9 Å². The lowest BCUT2D eigenvalue weighted by Gasteiger charge is -2.18. The summed E-state index contributed by atoms with van der Waals surface area (Å²) in [4.78, 5) is 19.7. The minimum atomic E-state index is -0.312. The Labute approximate surface area is 220 Å². The van der Waals surface area contributed by atoms with Gasteiger partial charge in [-0.2, -0.15) is 0 Å². The minimum absolute atomic E-state index is 0.0829. The number of amidine groups is 1. The van der Waals surface area contributed by atoms with Gasteiger partial charge in [-0.15, -0.1) is 0 Å². The van der Waals surface area contributed by atoms with Crippen LogP contribution in [-0.4, -0.2) is 36.1 Å². The average molecular weight is 521 g/mol. The van der Waals surface area contributed by atoms with E-state index in [1.807, 2.05) is 69.3 Å². The number of anilines is 1. The van der Waals surface area contributed by atoms with Gasteiger partial charge in [0.2, 0.25) is 0 Å². The lowest BCUT2D eigenvalue weighted by atomic mass is 10.2. The van der Waals surface area contributed by atoms with Crippen LogP contribution in [0, 0.1) is 5.82 Å². The van der Waals surface area contributed by atoms with E-state index in [4.69, 9.17) is 14.2 Å². The summed E-state index contributed by atoms with van der Waals surface area (Å²) in [5, 5.41) is 0.558. The lowest BCUT2D eigenvalue weighted by Crippen LogP contribution is -2.30. The third-order valence-electron chi connectivity index (χ3n) is 5.19. The van der Waals surface area contributed by atoms with Crippen LogP contribution in [0.15, 0.2) is 83.5 Å². The van der Waals surface area contributed by atoms with E-state index in [0.717, 1.165) is 17.1 Å². The summed E-state index contributed by atoms with van der Waals surface area (Å²) in [7, 11) is 0. The van der Waals surface area contributed by atoms with Gasteiger partial charge in [-0.05, 0) is 93.1 Å². The molecule has 0 bridgehead atoms. The van der Waals surface area contributed by atoms with Crippen molar-refractivity contribution in [1.82, 2.24) is 0 Å². The topological polar surface area (TPSA) is 60.4 Å². The number of rotatable bonds is 10. The number of aliphatic imine (C=N–C) groups is 1. The van der Waals surface area contributed by atoms with Crippen molar-refractivity contribution in [2.75, 3.05) is 23.9 Å². The highest BCUT2D eigenvalue weighted by Crippen LogP contribution is 2.31. The maximum Gasteiger partial charge on any atom is 0.283 e. The molecule has 0 saturated heterocycles. The summed E-state index contributed by atoms with van der Waals surface area (Å²) in [6, 6.07) is 20.8. The van der Waals surface area contributed by atoms with Crippen molar-refractivity contribution in [3.63, 3.8) is 0 Å². The Morgan fingerprint density at radius 3 is 2.19 bits per heavy atom. The van der Waals surface area contributed by atoms with E-state index in [9.17, 15) is 9.18 Å². The zero-order valence-corrected chi connectivity index (χ0v) is 21.8. The molecule has 3 aromatic rings. The summed E-state index contributed by atoms with van der Waals surface area (Å²) in [5.41, 5.74) is 1.89. The van der Waals surface area contributed by atoms with E-state index in [1.54, 1.807) is 23.1 Å². The highest BCUT2D eigenvalue weighted by Gasteiger charge is 2.32. The highest BCUT2D eigenvalue weighted by molar-refractivity contribution is 8.14. The number of carbonyl (C=O) groups is 1. The molecule has 0 radical (unpaired) electrons. The number of nitrogens with zero attached hydrogens (tertiary/aromatic N) is 2. The van der Waals surface area contributed by atoms with E-state index >= 15 is 0 Å². The zero-order chi connectivity index (χ0) is 26.2. The van der Waals surface area contributed by atoms with Gasteiger partial charge in [-0.1, -0.05) is 23.9 Å². The predicted molar refractivity (Wildman–Crippen MR) is 147 cm³/mol. The molecule has 0 atom stereocenters. The molecule has 8 heteroatoms. The van der Waals surface area contributed by atoms with Crippen molar-refractivity contribution in [1.29, 1.82) is 0 Å². The molecule has 0 aliphatic carbocycles. The van der Waals surface area contributed by atoms with Crippen molar-refractivity contribution in [3.05, 3.63) is 89.9 Å². The first kappa shape index (κ1) is 26.3. The van der Waals surface area contributed by atoms with Crippen LogP contribution in [0.3, 0.4) is 0 Å². The van der Waals surface area contributed by atoms with Crippen LogP contribution in [0.5, 0.6) is 17.2 Å². The molecule has 0 N–H and O–H groups in total. The molecule has 1 heterocycles. The summed E-state index contributed by atoms with van der Waals surface area (Å²) in [6.07, 6.45) is 1.85. The number of amides is 1. The molecular weight excluding hydrogens is 491 g/mol. The molecule has 0 aromatic heterocycles. The van der Waals surface area contributed by atoms with Gasteiger partial charge in [-0.3, -0.25) is 9.69 Å². The van der Waals surface area contributed by atoms with Crippen molar-refractivity contribution in [2.24, 2.45) is 4.99 Å². The normalized spacial score (nSPS) is 14.3. The van der Waals surface area contributed by atoms with Gasteiger partial charge in [0.15, 0.2) is 5.17 Å². The Balaban J connectivity index is 1.51. The Morgan fingerprint density at radius 1 is 0.919 bits per heavy atom. The smallest absolute Gasteiger partial charge is 0.283 e. The van der Waals surface area contributed by atoms with Crippen LogP contribution in [0.2, 0.25) is 0 Å². The minimum Gasteiger partial charge on any atom is -0.494 e. The van der Waals surface area contributed by atoms with E-state index < -0.39 is 0 Å². The Bertz CT molecular complexity index is 1260. The molecule has 0 saturated carbocycles. The molecule has 0 unspecified atom stereocenters. The third kappa shape index (κ3) is 7.13. The second kappa shape index (κ2) is 12.5. The quantitative estimate of drug-likeness (QED) is 0.224. The predicted octanol–water partition coefficient (Wildman–Crippen LogP) is 6.57. The molecule has 0 spiro atoms. The SMILES string of the molecule is CCOc1ccc(N2C(=O)C(=Cc3ccc(OC(C)C)cc3)N=C2SCCOc2ccc(F)cc2)cc1. The molecule has 37 heavy (non-hydrogen) atoms. The zero-order valence-electron chi connectivity index (χ0n) is 21.0. The first-order valence-corrected chi connectivity index (χ1v) is 13.1. The van der Waals surface area contributed by atoms with Gasteiger partial charge in [-0.25, -0.2) is 9.38 Å². The number of carbonyl (C=O) groups excluding carboxylic acids is 1. The maximum absolute atomic E-state index is 13.4. The molecular formula is C29H29FN2O4S. The van der Waals surface area contributed by atoms with Gasteiger partial charge < -0.3 is 14.2 Å². The van der Waals surface area contributed by atoms with Crippen LogP contribution in [0.4, 0.5) is 10.1 Å². The number of hydrogen-bond acceptors (Lipinski definition) is 6. The van der Waals surface area contributed by atoms with E-state index in [0.29, 0.717) is 41.3 Å². The molecule has 0 fully saturated rings. The fourth-order valence-electron chi connectivity index (χ4n) is 3.57. The Hall–Kier alpha value is -3.78. The van der Waals surface area contributed by atoms with Crippen molar-refractivity contribution >= 4 is 34.6 Å². The summed E-state index contributed by atoms with van der Waals surface area (Å²) >= 11 is 1.42. The number of ether oxygens (including phenoxy) is 3. The molecule has 6 nitrogen and oxygen atoms in total. The Kier molecular flexibility index (Phi) is 8.85. The first-order chi connectivity index (χ1) is 17.9. The number of thioether (sulfide) groups is 1. The van der Waals surface area contributed by atoms with Crippen LogP contribution >= 0.6 is 11.8 Å². The van der Waals surface area contributed by atoms with Gasteiger partial charge in [0.05, 0.1) is 25.0 Å². The number of benzene rings is 3. The molecule has 192 valence electrons. The third-order valence-corrected chi connectivity index (χ3v) is 6.09. The van der Waals surface area contributed by atoms with E-state index in [-0.39, 0.29) is 17.8 Å². The van der Waals surface area contributed by atoms with Crippen molar-refractivity contribution in [2.45, 2.75) is 26.9 Å². The van der Waals surface area contributed by atoms with Crippen LogP contribution in [0.1, 0.15) is 26.3 Å². The number of hydrogen-bond donors (Lipinski definition) is 0. The Morgan fingerprint density at radius 2 is 1.54 bits per heavy atom. The summed E-state index contributed by atoms with van der Waals surface area (Å²) < 4.78 is 30.1. The lowest BCUT2D eigenvalue weighted by molar-refractivity contribution is -0.113. The van der Waals surface area contributed by atoms with Crippen molar-refractivity contribution < 1.29 is 23.4 Å². The van der Waals surface area contributed by atoms with Crippen LogP contribution < -0.4 is 19.1 Å². The standard InChI is InChI=1S/C29H29FN2O4S/c1-4-34-24-15-9-23(10-16-24)32-28(33)27(19-21-5-11-26(12-6-21)36-20(2)3)31-29(32)37-18-17-35-25-13-7-22(30)8-14-25/h5-16,19-20H,4,17-18H2,1-3H3. The molecule has 1 aliphatic heterocycles. The van der Waals surface area contributed by atoms with Gasteiger partial charge in [0, 0.05) is 5.75 Å². The second-order valence-electron chi connectivity index (χ2n) is 8.38. The molecule has 3 aromatic carbocycles. The van der Waals surface area contributed by atoms with Gasteiger partial charge in [0.1, 0.15) is 28.8 Å². The fraction of sp³-hybridized carbons (Fsp3) is 0.241. The summed E-state index contributed by atoms with van der Waals surface area (Å²) in [6.45, 7) is 6.80. The maximum atomic E-state index is 13.4. The van der Waals surface area contributed by atoms with E-state index in [2.05, 4.69) is 4.99 Å². The van der Waals surface area contributed by atoms with Crippen LogP contribution in [-0.2, 0) is 4.79 Å². The molecule has 1 aliphatic rings. The van der Waals surface area contributed by atoms with Gasteiger partial charge >= 0.3 is 0 Å². The molecule has 1 amide bonds. The van der Waals surface area contributed by atoms with Crippen molar-refractivity contribution in [3.8, 4) is 17.2 Å². The molecule has 4 rings (SSSR count).